The number of hydrogen-bond acceptors (Lipinski definition) is 1. The lowest BCUT2D eigenvalue weighted by atomic mass is 9.86. The van der Waals surface area contributed by atoms with Crippen LogP contribution in [0.5, 0.6) is 0 Å². The zero-order valence-corrected chi connectivity index (χ0v) is 11.0. The predicted octanol–water partition coefficient (Wildman–Crippen LogP) is 4.08. The summed E-state index contributed by atoms with van der Waals surface area (Å²) in [6.07, 6.45) is 10.3. The van der Waals surface area contributed by atoms with E-state index in [1.165, 1.54) is 58.0 Å². The molecular weight excluding hydrogens is 182 g/mol. The van der Waals surface area contributed by atoms with Crippen LogP contribution in [0, 0.1) is 5.92 Å². The van der Waals surface area contributed by atoms with E-state index in [1.807, 2.05) is 13.8 Å². The normalized spacial score (nSPS) is 33.0. The van der Waals surface area contributed by atoms with Crippen LogP contribution in [0.15, 0.2) is 0 Å². The first-order valence-corrected chi connectivity index (χ1v) is 7.10. The van der Waals surface area contributed by atoms with Crippen LogP contribution >= 0.6 is 0 Å². The van der Waals surface area contributed by atoms with Crippen molar-refractivity contribution in [3.8, 4) is 0 Å². The fourth-order valence-corrected chi connectivity index (χ4v) is 2.89. The molecule has 1 saturated carbocycles. The molecule has 2 aliphatic rings. The van der Waals surface area contributed by atoms with Crippen molar-refractivity contribution in [2.24, 2.45) is 5.92 Å². The Balaban J connectivity index is 0.000000531. The van der Waals surface area contributed by atoms with Gasteiger partial charge in [0.1, 0.15) is 0 Å². The molecule has 0 N–H and O–H groups in total. The first-order chi connectivity index (χ1) is 7.36. The Labute approximate surface area is 96.2 Å². The second kappa shape index (κ2) is 7.27. The molecule has 1 nitrogen and oxygen atoms in total. The molecule has 0 aromatic carbocycles. The van der Waals surface area contributed by atoms with E-state index in [-0.39, 0.29) is 0 Å². The fraction of sp³-hybridized carbons (Fsp3) is 1.00. The molecule has 0 spiro atoms. The Morgan fingerprint density at radius 1 is 0.800 bits per heavy atom. The number of piperidine rings is 1. The highest BCUT2D eigenvalue weighted by molar-refractivity contribution is 4.79. The van der Waals surface area contributed by atoms with Crippen molar-refractivity contribution in [1.29, 1.82) is 0 Å². The Bertz CT molecular complexity index is 141. The monoisotopic (exact) mass is 211 g/mol. The van der Waals surface area contributed by atoms with E-state index in [0.29, 0.717) is 0 Å². The molecule has 2 fully saturated rings. The number of nitrogens with zero attached hydrogens (tertiary/aromatic N) is 1. The number of hydrogen-bond donors (Lipinski definition) is 0. The van der Waals surface area contributed by atoms with Gasteiger partial charge in [-0.2, -0.15) is 0 Å². The Kier molecular flexibility index (Phi) is 6.31. The molecule has 1 heteroatoms. The Morgan fingerprint density at radius 3 is 1.87 bits per heavy atom. The molecule has 2 rings (SSSR count). The fourth-order valence-electron chi connectivity index (χ4n) is 2.89. The van der Waals surface area contributed by atoms with E-state index in [1.54, 1.807) is 0 Å². The van der Waals surface area contributed by atoms with Crippen molar-refractivity contribution in [2.45, 2.75) is 71.8 Å². The maximum Gasteiger partial charge on any atom is 0.00954 e. The highest BCUT2D eigenvalue weighted by Gasteiger charge is 2.24. The maximum atomic E-state index is 2.76. The molecule has 0 aromatic rings. The molecule has 1 saturated heterocycles. The van der Waals surface area contributed by atoms with Gasteiger partial charge in [-0.15, -0.1) is 0 Å². The summed E-state index contributed by atoms with van der Waals surface area (Å²) in [6.45, 7) is 9.19. The average molecular weight is 211 g/mol. The van der Waals surface area contributed by atoms with Crippen LogP contribution in [0.3, 0.4) is 0 Å². The van der Waals surface area contributed by atoms with Crippen LogP contribution in [0.4, 0.5) is 0 Å². The summed E-state index contributed by atoms with van der Waals surface area (Å²) in [5.74, 6) is 1.00. The minimum absolute atomic E-state index is 0.955. The Hall–Kier alpha value is -0.0400. The molecule has 90 valence electrons. The van der Waals surface area contributed by atoms with Gasteiger partial charge in [0.05, 0.1) is 0 Å². The minimum atomic E-state index is 0.955. The van der Waals surface area contributed by atoms with Crippen molar-refractivity contribution in [3.63, 3.8) is 0 Å². The first kappa shape index (κ1) is 13.0. The van der Waals surface area contributed by atoms with Crippen molar-refractivity contribution >= 4 is 0 Å². The quantitative estimate of drug-likeness (QED) is 0.632. The zero-order chi connectivity index (χ0) is 11.1. The third-order valence-electron chi connectivity index (χ3n) is 3.89. The molecule has 0 amide bonds. The Morgan fingerprint density at radius 2 is 1.33 bits per heavy atom. The molecule has 1 aliphatic carbocycles. The second-order valence-electron chi connectivity index (χ2n) is 5.01. The van der Waals surface area contributed by atoms with E-state index in [2.05, 4.69) is 11.8 Å². The third kappa shape index (κ3) is 4.14. The van der Waals surface area contributed by atoms with Crippen LogP contribution in [-0.4, -0.2) is 24.0 Å². The highest BCUT2D eigenvalue weighted by Crippen LogP contribution is 2.28. The zero-order valence-electron chi connectivity index (χ0n) is 11.0. The first-order valence-electron chi connectivity index (χ1n) is 7.10. The third-order valence-corrected chi connectivity index (χ3v) is 3.89. The van der Waals surface area contributed by atoms with E-state index < -0.39 is 0 Å². The van der Waals surface area contributed by atoms with Crippen molar-refractivity contribution < 1.29 is 0 Å². The standard InChI is InChI=1S/C12H23N.C2H6/c1-11-5-7-12(8-6-11)13-9-3-2-4-10-13;1-2/h11-12H,2-10H2,1H3;1-2H3. The lowest BCUT2D eigenvalue weighted by Gasteiger charge is -2.38. The average Bonchev–Trinajstić information content (AvgIpc) is 2.34. The molecule has 1 aliphatic heterocycles. The minimum Gasteiger partial charge on any atom is -0.300 e. The van der Waals surface area contributed by atoms with E-state index in [4.69, 9.17) is 0 Å². The molecule has 0 bridgehead atoms. The van der Waals surface area contributed by atoms with Gasteiger partial charge in [-0.1, -0.05) is 27.2 Å². The smallest absolute Gasteiger partial charge is 0.00954 e. The van der Waals surface area contributed by atoms with Crippen LogP contribution in [0.25, 0.3) is 0 Å². The lowest BCUT2D eigenvalue weighted by molar-refractivity contribution is 0.118. The second-order valence-corrected chi connectivity index (χ2v) is 5.01. The van der Waals surface area contributed by atoms with E-state index in [9.17, 15) is 0 Å². The van der Waals surface area contributed by atoms with Gasteiger partial charge < -0.3 is 4.90 Å². The van der Waals surface area contributed by atoms with Gasteiger partial charge in [0.25, 0.3) is 0 Å². The molecular formula is C14H29N. The molecule has 1 heterocycles. The summed E-state index contributed by atoms with van der Waals surface area (Å²) in [7, 11) is 0. The summed E-state index contributed by atoms with van der Waals surface area (Å²) in [4.78, 5) is 2.76. The SMILES string of the molecule is CC.CC1CCC(N2CCCCC2)CC1. The van der Waals surface area contributed by atoms with Gasteiger partial charge in [0.15, 0.2) is 0 Å². The summed E-state index contributed by atoms with van der Waals surface area (Å²) < 4.78 is 0. The summed E-state index contributed by atoms with van der Waals surface area (Å²) in [5.41, 5.74) is 0. The van der Waals surface area contributed by atoms with Gasteiger partial charge >= 0.3 is 0 Å². The van der Waals surface area contributed by atoms with Crippen LogP contribution in [0.1, 0.15) is 65.7 Å². The summed E-state index contributed by atoms with van der Waals surface area (Å²) >= 11 is 0. The van der Waals surface area contributed by atoms with Crippen molar-refractivity contribution in [3.05, 3.63) is 0 Å². The maximum absolute atomic E-state index is 2.76. The van der Waals surface area contributed by atoms with Crippen molar-refractivity contribution in [1.82, 2.24) is 4.90 Å². The topological polar surface area (TPSA) is 3.24 Å². The van der Waals surface area contributed by atoms with E-state index in [0.717, 1.165) is 12.0 Å². The highest BCUT2D eigenvalue weighted by atomic mass is 15.2. The van der Waals surface area contributed by atoms with Crippen molar-refractivity contribution in [2.75, 3.05) is 13.1 Å². The van der Waals surface area contributed by atoms with Gasteiger partial charge in [0, 0.05) is 6.04 Å². The van der Waals surface area contributed by atoms with Gasteiger partial charge in [0.2, 0.25) is 0 Å². The van der Waals surface area contributed by atoms with Gasteiger partial charge in [-0.3, -0.25) is 0 Å². The largest absolute Gasteiger partial charge is 0.300 e. The summed E-state index contributed by atoms with van der Waals surface area (Å²) in [5, 5.41) is 0. The summed E-state index contributed by atoms with van der Waals surface area (Å²) in [6, 6.07) is 0.955. The molecule has 0 aromatic heterocycles. The number of rotatable bonds is 1. The van der Waals surface area contributed by atoms with Crippen LogP contribution in [-0.2, 0) is 0 Å². The molecule has 15 heavy (non-hydrogen) atoms. The predicted molar refractivity (Wildman–Crippen MR) is 68.2 cm³/mol. The van der Waals surface area contributed by atoms with Gasteiger partial charge in [-0.05, 0) is 57.5 Å². The van der Waals surface area contributed by atoms with Gasteiger partial charge in [-0.25, -0.2) is 0 Å². The van der Waals surface area contributed by atoms with E-state index >= 15 is 0 Å². The molecule has 0 unspecified atom stereocenters. The van der Waals surface area contributed by atoms with Crippen LogP contribution in [0.2, 0.25) is 0 Å². The lowest BCUT2D eigenvalue weighted by Crippen LogP contribution is -2.41. The molecule has 0 radical (unpaired) electrons. The molecule has 0 atom stereocenters. The van der Waals surface area contributed by atoms with Crippen LogP contribution < -0.4 is 0 Å². The number of likely N-dealkylation sites (tertiary alicyclic amines) is 1.